The van der Waals surface area contributed by atoms with E-state index < -0.39 is 0 Å². The fourth-order valence-electron chi connectivity index (χ4n) is 0.582. The topological polar surface area (TPSA) is 53.8 Å². The van der Waals surface area contributed by atoms with Crippen LogP contribution in [0.25, 0.3) is 0 Å². The quantitative estimate of drug-likeness (QED) is 0.591. The van der Waals surface area contributed by atoms with Gasteiger partial charge in [0.1, 0.15) is 5.69 Å². The SMILES string of the molecule is CC.N#Cc1ccnc(C=O)c1. The van der Waals surface area contributed by atoms with Crippen molar-refractivity contribution in [2.24, 2.45) is 0 Å². The largest absolute Gasteiger partial charge is 0.296 e. The Hall–Kier alpha value is -1.69. The molecule has 1 aromatic heterocycles. The molecule has 0 fully saturated rings. The first-order chi connectivity index (χ1) is 5.86. The van der Waals surface area contributed by atoms with E-state index in [1.807, 2.05) is 19.9 Å². The van der Waals surface area contributed by atoms with Crippen molar-refractivity contribution in [2.45, 2.75) is 13.8 Å². The van der Waals surface area contributed by atoms with Crippen LogP contribution in [0.2, 0.25) is 0 Å². The Morgan fingerprint density at radius 3 is 2.75 bits per heavy atom. The maximum atomic E-state index is 10.1. The highest BCUT2D eigenvalue weighted by molar-refractivity contribution is 5.72. The van der Waals surface area contributed by atoms with E-state index in [1.165, 1.54) is 12.3 Å². The van der Waals surface area contributed by atoms with E-state index >= 15 is 0 Å². The van der Waals surface area contributed by atoms with Crippen LogP contribution in [0.4, 0.5) is 0 Å². The van der Waals surface area contributed by atoms with Crippen LogP contribution in [0.1, 0.15) is 29.9 Å². The van der Waals surface area contributed by atoms with Crippen molar-refractivity contribution in [3.8, 4) is 6.07 Å². The first-order valence-electron chi connectivity index (χ1n) is 3.68. The molecule has 0 aliphatic rings. The van der Waals surface area contributed by atoms with Gasteiger partial charge in [0, 0.05) is 6.20 Å². The van der Waals surface area contributed by atoms with Crippen molar-refractivity contribution in [1.29, 1.82) is 5.26 Å². The number of aromatic nitrogens is 1. The van der Waals surface area contributed by atoms with Crippen LogP contribution in [-0.4, -0.2) is 11.3 Å². The van der Waals surface area contributed by atoms with Crippen molar-refractivity contribution < 1.29 is 4.79 Å². The van der Waals surface area contributed by atoms with Gasteiger partial charge >= 0.3 is 0 Å². The molecule has 12 heavy (non-hydrogen) atoms. The number of nitriles is 1. The van der Waals surface area contributed by atoms with Gasteiger partial charge in [-0.3, -0.25) is 9.78 Å². The fraction of sp³-hybridized carbons (Fsp3) is 0.222. The summed E-state index contributed by atoms with van der Waals surface area (Å²) in [5.41, 5.74) is 0.746. The van der Waals surface area contributed by atoms with Crippen molar-refractivity contribution >= 4 is 6.29 Å². The van der Waals surface area contributed by atoms with Crippen molar-refractivity contribution in [2.75, 3.05) is 0 Å². The van der Waals surface area contributed by atoms with Gasteiger partial charge < -0.3 is 0 Å². The lowest BCUT2D eigenvalue weighted by atomic mass is 10.2. The molecule has 0 N–H and O–H groups in total. The Morgan fingerprint density at radius 1 is 1.58 bits per heavy atom. The van der Waals surface area contributed by atoms with Gasteiger partial charge in [-0.2, -0.15) is 5.26 Å². The van der Waals surface area contributed by atoms with E-state index in [4.69, 9.17) is 5.26 Å². The zero-order chi connectivity index (χ0) is 9.40. The summed E-state index contributed by atoms with van der Waals surface area (Å²) in [6.45, 7) is 4.00. The average molecular weight is 162 g/mol. The van der Waals surface area contributed by atoms with E-state index in [-0.39, 0.29) is 0 Å². The van der Waals surface area contributed by atoms with Gasteiger partial charge in [0.05, 0.1) is 11.6 Å². The first kappa shape index (κ1) is 10.3. The second kappa shape index (κ2) is 6.05. The molecule has 0 amide bonds. The molecule has 3 heteroatoms. The van der Waals surface area contributed by atoms with Gasteiger partial charge in [0.25, 0.3) is 0 Å². The Bertz CT molecular complexity index is 289. The smallest absolute Gasteiger partial charge is 0.168 e. The Morgan fingerprint density at radius 2 is 2.25 bits per heavy atom. The number of carbonyl (C=O) groups excluding carboxylic acids is 1. The van der Waals surface area contributed by atoms with Crippen molar-refractivity contribution in [3.05, 3.63) is 29.6 Å². The van der Waals surface area contributed by atoms with Gasteiger partial charge in [0.2, 0.25) is 0 Å². The molecule has 0 aromatic carbocycles. The van der Waals surface area contributed by atoms with Crippen molar-refractivity contribution in [3.63, 3.8) is 0 Å². The molecule has 3 nitrogen and oxygen atoms in total. The molecule has 1 heterocycles. The second-order valence-electron chi connectivity index (χ2n) is 1.70. The molecule has 0 saturated heterocycles. The molecule has 0 bridgehead atoms. The molecule has 1 rings (SSSR count). The van der Waals surface area contributed by atoms with Crippen LogP contribution in [0.3, 0.4) is 0 Å². The Balaban J connectivity index is 0.000000561. The van der Waals surface area contributed by atoms with Crippen LogP contribution in [0.5, 0.6) is 0 Å². The molecule has 62 valence electrons. The molecule has 0 unspecified atom stereocenters. The third-order valence-electron chi connectivity index (χ3n) is 1.03. The normalized spacial score (nSPS) is 7.42. The van der Waals surface area contributed by atoms with Crippen molar-refractivity contribution in [1.82, 2.24) is 4.98 Å². The molecule has 1 aromatic rings. The van der Waals surface area contributed by atoms with E-state index in [9.17, 15) is 4.79 Å². The summed E-state index contributed by atoms with van der Waals surface area (Å²) >= 11 is 0. The minimum Gasteiger partial charge on any atom is -0.296 e. The number of carbonyl (C=O) groups is 1. The molecule has 0 saturated carbocycles. The summed E-state index contributed by atoms with van der Waals surface area (Å²) in [5, 5.41) is 8.36. The number of nitrogens with zero attached hydrogens (tertiary/aromatic N) is 2. The van der Waals surface area contributed by atoms with E-state index in [0.29, 0.717) is 17.5 Å². The van der Waals surface area contributed by atoms with E-state index in [2.05, 4.69) is 4.98 Å². The number of aldehydes is 1. The lowest BCUT2D eigenvalue weighted by Crippen LogP contribution is -1.85. The zero-order valence-corrected chi connectivity index (χ0v) is 7.11. The van der Waals surface area contributed by atoms with Gasteiger partial charge in [0.15, 0.2) is 6.29 Å². The highest BCUT2D eigenvalue weighted by Crippen LogP contribution is 1.96. The molecular weight excluding hydrogens is 152 g/mol. The van der Waals surface area contributed by atoms with Crippen LogP contribution >= 0.6 is 0 Å². The summed E-state index contributed by atoms with van der Waals surface area (Å²) in [6, 6.07) is 4.89. The average Bonchev–Trinajstić information content (AvgIpc) is 2.21. The van der Waals surface area contributed by atoms with E-state index in [0.717, 1.165) is 0 Å². The summed E-state index contributed by atoms with van der Waals surface area (Å²) in [6.07, 6.45) is 2.04. The lowest BCUT2D eigenvalue weighted by molar-refractivity contribution is 0.111. The summed E-state index contributed by atoms with van der Waals surface area (Å²) in [5.74, 6) is 0. The highest BCUT2D eigenvalue weighted by Gasteiger charge is 1.91. The summed E-state index contributed by atoms with van der Waals surface area (Å²) < 4.78 is 0. The van der Waals surface area contributed by atoms with Gasteiger partial charge in [-0.15, -0.1) is 0 Å². The third-order valence-corrected chi connectivity index (χ3v) is 1.03. The lowest BCUT2D eigenvalue weighted by Gasteiger charge is -1.87. The second-order valence-corrected chi connectivity index (χ2v) is 1.70. The van der Waals surface area contributed by atoms with Crippen LogP contribution in [-0.2, 0) is 0 Å². The van der Waals surface area contributed by atoms with Crippen LogP contribution in [0, 0.1) is 11.3 Å². The first-order valence-corrected chi connectivity index (χ1v) is 3.68. The number of rotatable bonds is 1. The highest BCUT2D eigenvalue weighted by atomic mass is 16.1. The fourth-order valence-corrected chi connectivity index (χ4v) is 0.582. The summed E-state index contributed by atoms with van der Waals surface area (Å²) in [7, 11) is 0. The molecule has 0 spiro atoms. The van der Waals surface area contributed by atoms with E-state index in [1.54, 1.807) is 6.07 Å². The maximum absolute atomic E-state index is 10.1. The van der Waals surface area contributed by atoms with Gasteiger partial charge in [-0.25, -0.2) is 0 Å². The zero-order valence-electron chi connectivity index (χ0n) is 7.11. The number of hydrogen-bond donors (Lipinski definition) is 0. The molecule has 0 radical (unpaired) electrons. The Labute approximate surface area is 71.7 Å². The Kier molecular flexibility index (Phi) is 5.20. The minimum absolute atomic E-state index is 0.291. The molecule has 0 aliphatic carbocycles. The van der Waals surface area contributed by atoms with Gasteiger partial charge in [-0.05, 0) is 12.1 Å². The van der Waals surface area contributed by atoms with Gasteiger partial charge in [-0.1, -0.05) is 13.8 Å². The number of hydrogen-bond acceptors (Lipinski definition) is 3. The monoisotopic (exact) mass is 162 g/mol. The molecule has 0 aliphatic heterocycles. The predicted octanol–water partition coefficient (Wildman–Crippen LogP) is 1.79. The maximum Gasteiger partial charge on any atom is 0.168 e. The number of pyridine rings is 1. The third kappa shape index (κ3) is 2.93. The molecule has 0 atom stereocenters. The summed E-state index contributed by atoms with van der Waals surface area (Å²) in [4.78, 5) is 13.8. The predicted molar refractivity (Wildman–Crippen MR) is 45.7 cm³/mol. The van der Waals surface area contributed by atoms with Crippen LogP contribution in [0.15, 0.2) is 18.3 Å². The standard InChI is InChI=1S/C7H4N2O.C2H6/c8-4-6-1-2-9-7(3-6)5-10;1-2/h1-3,5H;1-2H3. The van der Waals surface area contributed by atoms with Crippen LogP contribution < -0.4 is 0 Å². The molecular formula is C9H10N2O. The minimum atomic E-state index is 0.291.